The fourth-order valence-corrected chi connectivity index (χ4v) is 1.23. The van der Waals surface area contributed by atoms with Gasteiger partial charge in [-0.3, -0.25) is 0 Å². The van der Waals surface area contributed by atoms with Crippen molar-refractivity contribution in [3.63, 3.8) is 0 Å². The van der Waals surface area contributed by atoms with Crippen molar-refractivity contribution in [3.05, 3.63) is 22.8 Å². The number of hydrogen-bond donors (Lipinski definition) is 0. The monoisotopic (exact) mass is 235 g/mol. The van der Waals surface area contributed by atoms with Gasteiger partial charge in [0.25, 0.3) is 6.43 Å². The van der Waals surface area contributed by atoms with Crippen molar-refractivity contribution in [1.29, 1.82) is 0 Å². The third-order valence-corrected chi connectivity index (χ3v) is 2.11. The maximum Gasteiger partial charge on any atom is 0.272 e. The molecule has 0 amide bonds. The molecular formula is C10H12ClF2NO. The quantitative estimate of drug-likeness (QED) is 0.797. The predicted octanol–water partition coefficient (Wildman–Crippen LogP) is 3.50. The smallest absolute Gasteiger partial charge is 0.272 e. The number of hydrogen-bond acceptors (Lipinski definition) is 2. The summed E-state index contributed by atoms with van der Waals surface area (Å²) in [6, 6.07) is 1.68. The van der Waals surface area contributed by atoms with Gasteiger partial charge in [-0.2, -0.15) is 0 Å². The third kappa shape index (κ3) is 3.63. The van der Waals surface area contributed by atoms with E-state index in [4.69, 9.17) is 16.3 Å². The van der Waals surface area contributed by atoms with Crippen LogP contribution in [0.2, 0.25) is 5.02 Å². The van der Waals surface area contributed by atoms with Gasteiger partial charge < -0.3 is 4.74 Å². The molecule has 84 valence electrons. The molecule has 1 aromatic rings. The van der Waals surface area contributed by atoms with Crippen molar-refractivity contribution in [1.82, 2.24) is 4.98 Å². The van der Waals surface area contributed by atoms with E-state index >= 15 is 0 Å². The van der Waals surface area contributed by atoms with Gasteiger partial charge in [0, 0.05) is 6.20 Å². The van der Waals surface area contributed by atoms with Crippen LogP contribution in [-0.2, 0) is 0 Å². The van der Waals surface area contributed by atoms with Gasteiger partial charge in [-0.25, -0.2) is 13.8 Å². The molecule has 0 fully saturated rings. The van der Waals surface area contributed by atoms with Crippen molar-refractivity contribution >= 4 is 11.6 Å². The zero-order valence-corrected chi connectivity index (χ0v) is 9.26. The van der Waals surface area contributed by atoms with Gasteiger partial charge in [-0.1, -0.05) is 25.4 Å². The molecule has 0 aliphatic heterocycles. The first kappa shape index (κ1) is 12.2. The van der Waals surface area contributed by atoms with Gasteiger partial charge in [-0.05, 0) is 17.5 Å². The molecule has 1 rings (SSSR count). The molecule has 0 N–H and O–H groups in total. The molecule has 15 heavy (non-hydrogen) atoms. The Hall–Kier alpha value is -0.900. The van der Waals surface area contributed by atoms with Crippen molar-refractivity contribution < 1.29 is 13.5 Å². The number of rotatable bonds is 4. The molecule has 0 unspecified atom stereocenters. The molecule has 0 aliphatic rings. The summed E-state index contributed by atoms with van der Waals surface area (Å²) in [4.78, 5) is 3.88. The van der Waals surface area contributed by atoms with Crippen molar-refractivity contribution in [2.75, 3.05) is 6.61 Å². The predicted molar refractivity (Wildman–Crippen MR) is 54.8 cm³/mol. The van der Waals surface area contributed by atoms with Crippen LogP contribution in [-0.4, -0.2) is 18.0 Å². The zero-order valence-electron chi connectivity index (χ0n) is 8.51. The largest absolute Gasteiger partial charge is 0.471 e. The highest BCUT2D eigenvalue weighted by Gasteiger charge is 2.09. The lowest BCUT2D eigenvalue weighted by atomic mass is 10.1. The van der Waals surface area contributed by atoms with Crippen LogP contribution in [0, 0.1) is 0 Å². The molecule has 0 bridgehead atoms. The van der Waals surface area contributed by atoms with Gasteiger partial charge in [-0.15, -0.1) is 0 Å². The van der Waals surface area contributed by atoms with Crippen LogP contribution in [0.4, 0.5) is 8.78 Å². The average molecular weight is 236 g/mol. The summed E-state index contributed by atoms with van der Waals surface area (Å²) in [5, 5.41) is 0.266. The lowest BCUT2D eigenvalue weighted by Crippen LogP contribution is -2.08. The minimum absolute atomic E-state index is 0.0568. The van der Waals surface area contributed by atoms with Gasteiger partial charge >= 0.3 is 0 Å². The standard InChI is InChI=1S/C10H12ClF2NO/c1-6(2)7-3-8(11)10(14-4-7)15-5-9(12)13/h3-4,6,9H,5H2,1-2H3. The highest BCUT2D eigenvalue weighted by atomic mass is 35.5. The number of halogens is 3. The van der Waals surface area contributed by atoms with Gasteiger partial charge in [0.1, 0.15) is 5.02 Å². The molecule has 0 spiro atoms. The van der Waals surface area contributed by atoms with E-state index in [0.717, 1.165) is 5.56 Å². The van der Waals surface area contributed by atoms with E-state index < -0.39 is 13.0 Å². The van der Waals surface area contributed by atoms with Crippen LogP contribution in [0.5, 0.6) is 5.88 Å². The van der Waals surface area contributed by atoms with Crippen LogP contribution in [0.1, 0.15) is 25.3 Å². The highest BCUT2D eigenvalue weighted by molar-refractivity contribution is 6.31. The normalized spacial score (nSPS) is 11.1. The number of alkyl halides is 2. The van der Waals surface area contributed by atoms with E-state index in [9.17, 15) is 8.78 Å². The van der Waals surface area contributed by atoms with Gasteiger partial charge in [0.15, 0.2) is 6.61 Å². The van der Waals surface area contributed by atoms with E-state index in [0.29, 0.717) is 5.92 Å². The van der Waals surface area contributed by atoms with Crippen LogP contribution in [0.3, 0.4) is 0 Å². The molecule has 0 saturated carbocycles. The number of aromatic nitrogens is 1. The molecular weight excluding hydrogens is 224 g/mol. The molecule has 2 nitrogen and oxygen atoms in total. The Bertz CT molecular complexity index is 331. The summed E-state index contributed by atoms with van der Waals surface area (Å²) in [6.45, 7) is 3.30. The van der Waals surface area contributed by atoms with E-state index in [1.165, 1.54) is 0 Å². The van der Waals surface area contributed by atoms with E-state index in [-0.39, 0.29) is 10.9 Å². The Morgan fingerprint density at radius 2 is 2.13 bits per heavy atom. The first-order valence-corrected chi connectivity index (χ1v) is 4.95. The summed E-state index contributed by atoms with van der Waals surface area (Å²) in [6.07, 6.45) is -0.940. The third-order valence-electron chi connectivity index (χ3n) is 1.84. The van der Waals surface area contributed by atoms with Crippen LogP contribution in [0.25, 0.3) is 0 Å². The molecule has 0 radical (unpaired) electrons. The lowest BCUT2D eigenvalue weighted by Gasteiger charge is -2.09. The highest BCUT2D eigenvalue weighted by Crippen LogP contribution is 2.25. The van der Waals surface area contributed by atoms with Crippen molar-refractivity contribution in [3.8, 4) is 5.88 Å². The minimum Gasteiger partial charge on any atom is -0.471 e. The van der Waals surface area contributed by atoms with Crippen LogP contribution in [0.15, 0.2) is 12.3 Å². The van der Waals surface area contributed by atoms with Gasteiger partial charge in [0.2, 0.25) is 5.88 Å². The Morgan fingerprint density at radius 1 is 1.47 bits per heavy atom. The molecule has 0 atom stereocenters. The Kier molecular flexibility index (Phi) is 4.27. The molecule has 0 saturated heterocycles. The number of ether oxygens (including phenoxy) is 1. The Morgan fingerprint density at radius 3 is 2.60 bits per heavy atom. The van der Waals surface area contributed by atoms with E-state index in [1.807, 2.05) is 13.8 Å². The van der Waals surface area contributed by atoms with Crippen LogP contribution < -0.4 is 4.74 Å². The molecule has 0 aromatic carbocycles. The van der Waals surface area contributed by atoms with E-state index in [2.05, 4.69) is 4.98 Å². The number of pyridine rings is 1. The maximum absolute atomic E-state index is 11.9. The van der Waals surface area contributed by atoms with Crippen molar-refractivity contribution in [2.24, 2.45) is 0 Å². The second-order valence-corrected chi connectivity index (χ2v) is 3.82. The summed E-state index contributed by atoms with van der Waals surface area (Å²) >= 11 is 5.82. The topological polar surface area (TPSA) is 22.1 Å². The first-order valence-electron chi connectivity index (χ1n) is 4.57. The summed E-state index contributed by atoms with van der Waals surface area (Å²) in [5.74, 6) is 0.348. The van der Waals surface area contributed by atoms with Crippen LogP contribution >= 0.6 is 11.6 Å². The Labute approximate surface area is 92.2 Å². The second kappa shape index (κ2) is 5.26. The maximum atomic E-state index is 11.9. The van der Waals surface area contributed by atoms with Gasteiger partial charge in [0.05, 0.1) is 0 Å². The summed E-state index contributed by atoms with van der Waals surface area (Å²) < 4.78 is 28.5. The molecule has 0 aliphatic carbocycles. The fourth-order valence-electron chi connectivity index (χ4n) is 1.00. The molecule has 1 heterocycles. The fraction of sp³-hybridized carbons (Fsp3) is 0.500. The van der Waals surface area contributed by atoms with Crippen molar-refractivity contribution in [2.45, 2.75) is 26.2 Å². The Balaban J connectivity index is 2.75. The van der Waals surface area contributed by atoms with E-state index in [1.54, 1.807) is 12.3 Å². The average Bonchev–Trinajstić information content (AvgIpc) is 2.15. The summed E-state index contributed by atoms with van der Waals surface area (Å²) in [5.41, 5.74) is 0.949. The lowest BCUT2D eigenvalue weighted by molar-refractivity contribution is 0.0796. The molecule has 1 aromatic heterocycles. The molecule has 5 heteroatoms. The number of nitrogens with zero attached hydrogens (tertiary/aromatic N) is 1. The zero-order chi connectivity index (χ0) is 11.4. The minimum atomic E-state index is -2.52. The second-order valence-electron chi connectivity index (χ2n) is 3.41. The summed E-state index contributed by atoms with van der Waals surface area (Å²) in [7, 11) is 0. The SMILES string of the molecule is CC(C)c1cnc(OCC(F)F)c(Cl)c1. The first-order chi connectivity index (χ1) is 7.00.